The highest BCUT2D eigenvalue weighted by molar-refractivity contribution is 7.92. The summed E-state index contributed by atoms with van der Waals surface area (Å²) in [7, 11) is -3.84. The SMILES string of the molecule is N#Cc1ccc(S(=O)(=O)Nc2ccc(Cl)c(O)c2)cn1. The standard InChI is InChI=1S/C12H8ClN3O3S/c13-11-4-2-8(5-12(11)17)16-20(18,19)10-3-1-9(6-14)15-7-10/h1-5,7,16-17H. The van der Waals surface area contributed by atoms with Crippen molar-refractivity contribution >= 4 is 27.3 Å². The van der Waals surface area contributed by atoms with Gasteiger partial charge in [-0.05, 0) is 24.3 Å². The molecule has 0 spiro atoms. The number of hydrogen-bond acceptors (Lipinski definition) is 5. The molecule has 2 rings (SSSR count). The van der Waals surface area contributed by atoms with Gasteiger partial charge in [0.2, 0.25) is 0 Å². The highest BCUT2D eigenvalue weighted by Crippen LogP contribution is 2.27. The van der Waals surface area contributed by atoms with E-state index in [0.717, 1.165) is 6.20 Å². The van der Waals surface area contributed by atoms with Gasteiger partial charge in [0.15, 0.2) is 0 Å². The van der Waals surface area contributed by atoms with Gasteiger partial charge in [-0.1, -0.05) is 11.6 Å². The molecule has 0 aliphatic rings. The molecule has 0 atom stereocenters. The van der Waals surface area contributed by atoms with Crippen molar-refractivity contribution in [1.29, 1.82) is 5.26 Å². The lowest BCUT2D eigenvalue weighted by Gasteiger charge is -2.08. The number of phenols is 1. The van der Waals surface area contributed by atoms with Gasteiger partial charge in [0, 0.05) is 12.3 Å². The second-order valence-corrected chi connectivity index (χ2v) is 5.85. The number of aromatic hydroxyl groups is 1. The number of nitriles is 1. The first-order valence-corrected chi connectivity index (χ1v) is 7.16. The number of benzene rings is 1. The van der Waals surface area contributed by atoms with E-state index in [9.17, 15) is 13.5 Å². The number of rotatable bonds is 3. The summed E-state index contributed by atoms with van der Waals surface area (Å²) in [6, 6.07) is 8.33. The van der Waals surface area contributed by atoms with Crippen LogP contribution in [0.15, 0.2) is 41.4 Å². The van der Waals surface area contributed by atoms with E-state index in [1.807, 2.05) is 0 Å². The second kappa shape index (κ2) is 5.36. The van der Waals surface area contributed by atoms with Crippen molar-refractivity contribution in [2.45, 2.75) is 4.90 Å². The lowest BCUT2D eigenvalue weighted by Crippen LogP contribution is -2.13. The molecular weight excluding hydrogens is 302 g/mol. The number of sulfonamides is 1. The molecule has 1 aromatic carbocycles. The quantitative estimate of drug-likeness (QED) is 0.903. The molecule has 1 heterocycles. The van der Waals surface area contributed by atoms with Crippen LogP contribution in [0, 0.1) is 11.3 Å². The summed E-state index contributed by atoms with van der Waals surface area (Å²) in [5.74, 6) is -0.232. The number of phenolic OH excluding ortho intramolecular Hbond substituents is 1. The molecule has 0 aliphatic heterocycles. The predicted molar refractivity (Wildman–Crippen MR) is 72.9 cm³/mol. The van der Waals surface area contributed by atoms with Gasteiger partial charge in [0.05, 0.1) is 10.7 Å². The molecule has 1 aromatic heterocycles. The highest BCUT2D eigenvalue weighted by atomic mass is 35.5. The summed E-state index contributed by atoms with van der Waals surface area (Å²) >= 11 is 5.63. The maximum atomic E-state index is 12.0. The van der Waals surface area contributed by atoms with Gasteiger partial charge >= 0.3 is 0 Å². The van der Waals surface area contributed by atoms with Crippen molar-refractivity contribution in [2.24, 2.45) is 0 Å². The number of nitrogens with zero attached hydrogens (tertiary/aromatic N) is 2. The van der Waals surface area contributed by atoms with Crippen LogP contribution in [0.4, 0.5) is 5.69 Å². The topological polar surface area (TPSA) is 103 Å². The van der Waals surface area contributed by atoms with Crippen LogP contribution < -0.4 is 4.72 Å². The summed E-state index contributed by atoms with van der Waals surface area (Å²) in [5, 5.41) is 18.1. The van der Waals surface area contributed by atoms with Crippen molar-refractivity contribution in [3.8, 4) is 11.8 Å². The molecule has 0 saturated carbocycles. The fourth-order valence-electron chi connectivity index (χ4n) is 1.40. The van der Waals surface area contributed by atoms with Gasteiger partial charge in [0.25, 0.3) is 10.0 Å². The molecule has 0 bridgehead atoms. The average Bonchev–Trinajstić information content (AvgIpc) is 2.43. The van der Waals surface area contributed by atoms with Crippen molar-refractivity contribution in [2.75, 3.05) is 4.72 Å². The van der Waals surface area contributed by atoms with Crippen LogP contribution in [-0.4, -0.2) is 18.5 Å². The Bertz CT molecular complexity index is 783. The van der Waals surface area contributed by atoms with Crippen LogP contribution in [0.2, 0.25) is 5.02 Å². The van der Waals surface area contributed by atoms with Crippen molar-refractivity contribution < 1.29 is 13.5 Å². The zero-order chi connectivity index (χ0) is 14.8. The lowest BCUT2D eigenvalue weighted by atomic mass is 10.3. The van der Waals surface area contributed by atoms with E-state index in [4.69, 9.17) is 16.9 Å². The van der Waals surface area contributed by atoms with Gasteiger partial charge in [-0.15, -0.1) is 0 Å². The molecule has 20 heavy (non-hydrogen) atoms. The first kappa shape index (κ1) is 14.1. The van der Waals surface area contributed by atoms with Crippen molar-refractivity contribution in [3.63, 3.8) is 0 Å². The maximum absolute atomic E-state index is 12.0. The number of halogens is 1. The summed E-state index contributed by atoms with van der Waals surface area (Å²) in [4.78, 5) is 3.59. The Morgan fingerprint density at radius 2 is 2.05 bits per heavy atom. The Hall–Kier alpha value is -2.30. The third-order valence-electron chi connectivity index (χ3n) is 2.36. The first-order chi connectivity index (χ1) is 9.42. The minimum Gasteiger partial charge on any atom is -0.506 e. The first-order valence-electron chi connectivity index (χ1n) is 5.30. The fourth-order valence-corrected chi connectivity index (χ4v) is 2.51. The van der Waals surface area contributed by atoms with Gasteiger partial charge < -0.3 is 5.11 Å². The third-order valence-corrected chi connectivity index (χ3v) is 4.05. The molecule has 0 amide bonds. The van der Waals surface area contributed by atoms with Gasteiger partial charge in [-0.2, -0.15) is 5.26 Å². The Morgan fingerprint density at radius 1 is 1.30 bits per heavy atom. The Labute approximate surface area is 120 Å². The van der Waals surface area contributed by atoms with Gasteiger partial charge in [-0.25, -0.2) is 13.4 Å². The van der Waals surface area contributed by atoms with E-state index in [0.29, 0.717) is 0 Å². The molecule has 102 valence electrons. The lowest BCUT2D eigenvalue weighted by molar-refractivity contribution is 0.476. The largest absolute Gasteiger partial charge is 0.506 e. The normalized spacial score (nSPS) is 10.8. The molecule has 0 fully saturated rings. The number of anilines is 1. The number of pyridine rings is 1. The molecule has 0 unspecified atom stereocenters. The van der Waals surface area contributed by atoms with E-state index in [1.54, 1.807) is 6.07 Å². The Morgan fingerprint density at radius 3 is 2.60 bits per heavy atom. The van der Waals surface area contributed by atoms with Gasteiger partial charge in [0.1, 0.15) is 22.4 Å². The fraction of sp³-hybridized carbons (Fsp3) is 0. The maximum Gasteiger partial charge on any atom is 0.263 e. The highest BCUT2D eigenvalue weighted by Gasteiger charge is 2.15. The van der Waals surface area contributed by atoms with E-state index in [1.165, 1.54) is 30.3 Å². The molecule has 2 N–H and O–H groups in total. The molecule has 6 nitrogen and oxygen atoms in total. The zero-order valence-electron chi connectivity index (χ0n) is 9.91. The minimum absolute atomic E-state index is 0.0917. The van der Waals surface area contributed by atoms with E-state index < -0.39 is 10.0 Å². The van der Waals surface area contributed by atoms with Gasteiger partial charge in [-0.3, -0.25) is 4.72 Å². The van der Waals surface area contributed by atoms with Crippen molar-refractivity contribution in [1.82, 2.24) is 4.98 Å². The number of nitrogens with one attached hydrogen (secondary N) is 1. The van der Waals surface area contributed by atoms with Crippen LogP contribution in [-0.2, 0) is 10.0 Å². The van der Waals surface area contributed by atoms with E-state index in [2.05, 4.69) is 9.71 Å². The Balaban J connectivity index is 2.30. The molecule has 0 saturated heterocycles. The third kappa shape index (κ3) is 2.99. The molecule has 0 aliphatic carbocycles. The van der Waals surface area contributed by atoms with Crippen LogP contribution >= 0.6 is 11.6 Å². The summed E-state index contributed by atoms with van der Waals surface area (Å²) in [6.45, 7) is 0. The van der Waals surface area contributed by atoms with E-state index in [-0.39, 0.29) is 27.0 Å². The summed E-state index contributed by atoms with van der Waals surface area (Å²) < 4.78 is 26.4. The van der Waals surface area contributed by atoms with Crippen LogP contribution in [0.3, 0.4) is 0 Å². The van der Waals surface area contributed by atoms with Crippen LogP contribution in [0.25, 0.3) is 0 Å². The second-order valence-electron chi connectivity index (χ2n) is 3.76. The summed E-state index contributed by atoms with van der Waals surface area (Å²) in [6.07, 6.45) is 1.08. The Kier molecular flexibility index (Phi) is 3.79. The zero-order valence-corrected chi connectivity index (χ0v) is 11.5. The average molecular weight is 310 g/mol. The molecule has 8 heteroatoms. The van der Waals surface area contributed by atoms with Crippen molar-refractivity contribution in [3.05, 3.63) is 47.2 Å². The number of aromatic nitrogens is 1. The summed E-state index contributed by atoms with van der Waals surface area (Å²) in [5.41, 5.74) is 0.282. The molecule has 2 aromatic rings. The monoisotopic (exact) mass is 309 g/mol. The molecular formula is C12H8ClN3O3S. The predicted octanol–water partition coefficient (Wildman–Crippen LogP) is 2.11. The van der Waals surface area contributed by atoms with Crippen LogP contribution in [0.5, 0.6) is 5.75 Å². The smallest absolute Gasteiger partial charge is 0.263 e. The molecule has 0 radical (unpaired) electrons. The number of hydrogen-bond donors (Lipinski definition) is 2. The van der Waals surface area contributed by atoms with E-state index >= 15 is 0 Å². The van der Waals surface area contributed by atoms with Crippen LogP contribution in [0.1, 0.15) is 5.69 Å². The minimum atomic E-state index is -3.84.